The van der Waals surface area contributed by atoms with Crippen LogP contribution in [0.2, 0.25) is 0 Å². The van der Waals surface area contributed by atoms with E-state index >= 15 is 0 Å². The first-order valence-corrected chi connectivity index (χ1v) is 7.86. The van der Waals surface area contributed by atoms with Crippen molar-refractivity contribution in [1.82, 2.24) is 20.8 Å². The third kappa shape index (κ3) is 4.59. The normalized spacial score (nSPS) is 14.2. The number of hydrazone groups is 2. The van der Waals surface area contributed by atoms with Gasteiger partial charge in [-0.15, -0.1) is 0 Å². The molecule has 0 saturated heterocycles. The third-order valence-corrected chi connectivity index (χ3v) is 3.95. The summed E-state index contributed by atoms with van der Waals surface area (Å²) >= 11 is 0. The fourth-order valence-electron chi connectivity index (χ4n) is 1.46. The molecule has 0 bridgehead atoms. The van der Waals surface area contributed by atoms with Gasteiger partial charge in [0.15, 0.2) is 20.0 Å². The molecule has 1 aromatic rings. The van der Waals surface area contributed by atoms with Crippen LogP contribution in [-0.2, 0) is 9.05 Å². The zero-order valence-corrected chi connectivity index (χ0v) is 12.8. The van der Waals surface area contributed by atoms with Gasteiger partial charge in [0.25, 0.3) is 0 Å². The second kappa shape index (κ2) is 7.82. The number of anilines is 1. The van der Waals surface area contributed by atoms with Crippen LogP contribution in [0.15, 0.2) is 22.6 Å². The maximum Gasteiger partial charge on any atom is 0.211 e. The second-order valence-electron chi connectivity index (χ2n) is 3.91. The van der Waals surface area contributed by atoms with Gasteiger partial charge in [-0.05, 0) is 13.8 Å². The molecule has 0 aromatic carbocycles. The maximum absolute atomic E-state index is 5.54. The number of hydrogen-bond donors (Lipinski definition) is 3. The molecule has 0 fully saturated rings. The Morgan fingerprint density at radius 2 is 1.76 bits per heavy atom. The van der Waals surface area contributed by atoms with E-state index in [0.29, 0.717) is 42.6 Å². The molecule has 0 aliphatic carbocycles. The average molecular weight is 311 g/mol. The molecule has 0 unspecified atom stereocenters. The van der Waals surface area contributed by atoms with E-state index in [0.717, 1.165) is 0 Å². The van der Waals surface area contributed by atoms with E-state index in [-0.39, 0.29) is 0 Å². The SMILES string of the molecule is CCOP(CC1=NNC(c2ncc(N)cn2)=NN1)OCC. The van der Waals surface area contributed by atoms with Crippen molar-refractivity contribution in [2.45, 2.75) is 13.8 Å². The van der Waals surface area contributed by atoms with Gasteiger partial charge < -0.3 is 14.8 Å². The Labute approximate surface area is 123 Å². The molecule has 10 heteroatoms. The van der Waals surface area contributed by atoms with Crippen LogP contribution in [0.5, 0.6) is 0 Å². The zero-order chi connectivity index (χ0) is 15.1. The molecule has 0 amide bonds. The summed E-state index contributed by atoms with van der Waals surface area (Å²) in [5, 5.41) is 8.33. The Balaban J connectivity index is 1.92. The Hall–Kier alpha value is -1.83. The van der Waals surface area contributed by atoms with Crippen molar-refractivity contribution in [3.05, 3.63) is 18.2 Å². The monoisotopic (exact) mass is 311 g/mol. The zero-order valence-electron chi connectivity index (χ0n) is 11.9. The number of nitrogens with two attached hydrogens (primary N) is 1. The van der Waals surface area contributed by atoms with Crippen LogP contribution in [0, 0.1) is 0 Å². The van der Waals surface area contributed by atoms with E-state index in [4.69, 9.17) is 14.8 Å². The summed E-state index contributed by atoms with van der Waals surface area (Å²) in [5.41, 5.74) is 11.7. The summed E-state index contributed by atoms with van der Waals surface area (Å²) in [7, 11) is -1.01. The van der Waals surface area contributed by atoms with E-state index in [1.165, 1.54) is 12.4 Å². The van der Waals surface area contributed by atoms with Crippen LogP contribution in [0.3, 0.4) is 0 Å². The number of nitrogen functional groups attached to an aromatic ring is 1. The summed E-state index contributed by atoms with van der Waals surface area (Å²) < 4.78 is 11.0. The Morgan fingerprint density at radius 1 is 1.10 bits per heavy atom. The molecule has 9 nitrogen and oxygen atoms in total. The fourth-order valence-corrected chi connectivity index (χ4v) is 2.68. The molecule has 1 aromatic heterocycles. The topological polar surface area (TPSA) is 119 Å². The molecule has 2 heterocycles. The van der Waals surface area contributed by atoms with Crippen molar-refractivity contribution < 1.29 is 9.05 Å². The number of nitrogens with one attached hydrogen (secondary N) is 2. The first-order chi connectivity index (χ1) is 10.2. The summed E-state index contributed by atoms with van der Waals surface area (Å²) in [6, 6.07) is 0. The standard InChI is InChI=1S/C11H18N7O2P/c1-3-19-21(20-4-2)7-9-15-17-11(18-16-9)10-13-5-8(12)6-14-10/h5-6H,3-4,7,12H2,1-2H3,(H,15,16)(H,17,18). The summed E-state index contributed by atoms with van der Waals surface area (Å²) in [6.07, 6.45) is 3.55. The highest BCUT2D eigenvalue weighted by molar-refractivity contribution is 7.48. The minimum atomic E-state index is -1.01. The molecule has 2 rings (SSSR count). The van der Waals surface area contributed by atoms with Crippen molar-refractivity contribution in [2.75, 3.05) is 25.1 Å². The minimum Gasteiger partial charge on any atom is -0.396 e. The summed E-state index contributed by atoms with van der Waals surface area (Å²) in [4.78, 5) is 8.13. The maximum atomic E-state index is 5.54. The number of aromatic nitrogens is 2. The number of rotatable bonds is 7. The molecule has 0 saturated carbocycles. The molecule has 0 atom stereocenters. The molecule has 1 aliphatic rings. The van der Waals surface area contributed by atoms with Crippen molar-refractivity contribution in [3.8, 4) is 0 Å². The van der Waals surface area contributed by atoms with E-state index in [1.807, 2.05) is 13.8 Å². The fraction of sp³-hybridized carbons (Fsp3) is 0.455. The van der Waals surface area contributed by atoms with E-state index in [9.17, 15) is 0 Å². The molecule has 0 radical (unpaired) electrons. The van der Waals surface area contributed by atoms with Crippen molar-refractivity contribution in [1.29, 1.82) is 0 Å². The van der Waals surface area contributed by atoms with Crippen LogP contribution >= 0.6 is 8.38 Å². The molecular formula is C11H18N7O2P. The van der Waals surface area contributed by atoms with Gasteiger partial charge in [-0.2, -0.15) is 10.2 Å². The number of amidine groups is 2. The first kappa shape index (κ1) is 15.6. The lowest BCUT2D eigenvalue weighted by atomic mass is 10.5. The van der Waals surface area contributed by atoms with Gasteiger partial charge in [-0.1, -0.05) is 0 Å². The van der Waals surface area contributed by atoms with E-state index in [1.54, 1.807) is 0 Å². The number of hydrogen-bond acceptors (Lipinski definition) is 9. The van der Waals surface area contributed by atoms with Gasteiger partial charge >= 0.3 is 0 Å². The van der Waals surface area contributed by atoms with Gasteiger partial charge in [0.2, 0.25) is 5.84 Å². The highest BCUT2D eigenvalue weighted by atomic mass is 31.2. The quantitative estimate of drug-likeness (QED) is 0.631. The van der Waals surface area contributed by atoms with Crippen LogP contribution in [-0.4, -0.2) is 41.0 Å². The van der Waals surface area contributed by atoms with Crippen molar-refractivity contribution >= 4 is 25.7 Å². The largest absolute Gasteiger partial charge is 0.396 e. The van der Waals surface area contributed by atoms with Crippen molar-refractivity contribution in [3.63, 3.8) is 0 Å². The molecule has 0 spiro atoms. The second-order valence-corrected chi connectivity index (χ2v) is 5.41. The van der Waals surface area contributed by atoms with Gasteiger partial charge in [-0.3, -0.25) is 10.9 Å². The van der Waals surface area contributed by atoms with Crippen LogP contribution in [0.1, 0.15) is 19.7 Å². The average Bonchev–Trinajstić information content (AvgIpc) is 2.49. The molecule has 1 aliphatic heterocycles. The van der Waals surface area contributed by atoms with E-state index in [2.05, 4.69) is 31.0 Å². The lowest BCUT2D eigenvalue weighted by Gasteiger charge is -2.18. The van der Waals surface area contributed by atoms with Crippen LogP contribution in [0.25, 0.3) is 0 Å². The first-order valence-electron chi connectivity index (χ1n) is 6.50. The highest BCUT2D eigenvalue weighted by Crippen LogP contribution is 2.37. The number of nitrogens with zero attached hydrogens (tertiary/aromatic N) is 4. The predicted octanol–water partition coefficient (Wildman–Crippen LogP) is 0.612. The predicted molar refractivity (Wildman–Crippen MR) is 81.7 cm³/mol. The summed E-state index contributed by atoms with van der Waals surface area (Å²) in [6.45, 7) is 5.05. The van der Waals surface area contributed by atoms with Gasteiger partial charge in [0.05, 0.1) is 37.5 Å². The Kier molecular flexibility index (Phi) is 5.79. The van der Waals surface area contributed by atoms with Crippen LogP contribution in [0.4, 0.5) is 5.69 Å². The Bertz CT molecular complexity index is 514. The van der Waals surface area contributed by atoms with E-state index < -0.39 is 8.38 Å². The van der Waals surface area contributed by atoms with Gasteiger partial charge in [0.1, 0.15) is 0 Å². The molecular weight excluding hydrogens is 293 g/mol. The van der Waals surface area contributed by atoms with Crippen LogP contribution < -0.4 is 16.6 Å². The smallest absolute Gasteiger partial charge is 0.211 e. The van der Waals surface area contributed by atoms with Gasteiger partial charge in [0, 0.05) is 0 Å². The third-order valence-electron chi connectivity index (χ3n) is 2.30. The Morgan fingerprint density at radius 3 is 2.29 bits per heavy atom. The summed E-state index contributed by atoms with van der Waals surface area (Å²) in [5.74, 6) is 1.48. The lowest BCUT2D eigenvalue weighted by molar-refractivity contribution is 0.272. The molecule has 4 N–H and O–H groups in total. The highest BCUT2D eigenvalue weighted by Gasteiger charge is 2.17. The van der Waals surface area contributed by atoms with Crippen molar-refractivity contribution in [2.24, 2.45) is 10.2 Å². The minimum absolute atomic E-state index is 0.413. The van der Waals surface area contributed by atoms with Gasteiger partial charge in [-0.25, -0.2) is 9.97 Å². The molecule has 114 valence electrons. The lowest BCUT2D eigenvalue weighted by Crippen LogP contribution is -2.36. The molecule has 21 heavy (non-hydrogen) atoms.